The van der Waals surface area contributed by atoms with E-state index in [4.69, 9.17) is 0 Å². The summed E-state index contributed by atoms with van der Waals surface area (Å²) < 4.78 is 13.3. The Labute approximate surface area is 119 Å². The topological polar surface area (TPSA) is 32.3 Å². The van der Waals surface area contributed by atoms with Gasteiger partial charge in [-0.25, -0.2) is 4.39 Å². The molecule has 0 bridgehead atoms. The Balaban J connectivity index is 2.48. The zero-order chi connectivity index (χ0) is 14.3. The van der Waals surface area contributed by atoms with Crippen LogP contribution in [0.2, 0.25) is 0 Å². The van der Waals surface area contributed by atoms with Gasteiger partial charge in [-0.15, -0.1) is 0 Å². The van der Waals surface area contributed by atoms with E-state index in [9.17, 15) is 9.50 Å². The number of hydrogen-bond donors (Lipinski definition) is 2. The molecule has 0 aliphatic carbocycles. The highest BCUT2D eigenvalue weighted by Crippen LogP contribution is 2.29. The molecule has 2 N–H and O–H groups in total. The molecule has 0 heterocycles. The minimum atomic E-state index is -0.663. The molecule has 0 saturated carbocycles. The van der Waals surface area contributed by atoms with Gasteiger partial charge in [-0.1, -0.05) is 26.0 Å². The summed E-state index contributed by atoms with van der Waals surface area (Å²) in [5.74, 6) is -0.308. The van der Waals surface area contributed by atoms with Crippen LogP contribution in [0.1, 0.15) is 38.4 Å². The highest BCUT2D eigenvalue weighted by Gasteiger charge is 2.24. The minimum absolute atomic E-state index is 0.224. The van der Waals surface area contributed by atoms with Gasteiger partial charge < -0.3 is 10.4 Å². The van der Waals surface area contributed by atoms with Crippen molar-refractivity contribution in [2.24, 2.45) is 0 Å². The number of thioether (sulfide) groups is 1. The number of benzene rings is 1. The quantitative estimate of drug-likeness (QED) is 0.768. The molecule has 1 unspecified atom stereocenters. The molecule has 108 valence electrons. The predicted octanol–water partition coefficient (Wildman–Crippen LogP) is 3.37. The summed E-state index contributed by atoms with van der Waals surface area (Å²) in [6.07, 6.45) is 3.64. The number of rotatable bonds is 8. The van der Waals surface area contributed by atoms with Gasteiger partial charge in [0.25, 0.3) is 0 Å². The molecular formula is C15H24FNOS. The lowest BCUT2D eigenvalue weighted by Gasteiger charge is -2.30. The van der Waals surface area contributed by atoms with Gasteiger partial charge in [0, 0.05) is 17.8 Å². The van der Waals surface area contributed by atoms with Crippen molar-refractivity contribution in [1.29, 1.82) is 0 Å². The van der Waals surface area contributed by atoms with E-state index in [1.54, 1.807) is 12.1 Å². The van der Waals surface area contributed by atoms with Crippen LogP contribution in [0.5, 0.6) is 0 Å². The lowest BCUT2D eigenvalue weighted by molar-refractivity contribution is 0.173. The van der Waals surface area contributed by atoms with Crippen LogP contribution in [0, 0.1) is 5.82 Å². The number of aliphatic hydroxyl groups is 1. The van der Waals surface area contributed by atoms with Gasteiger partial charge in [-0.3, -0.25) is 0 Å². The Bertz CT molecular complexity index is 374. The van der Waals surface area contributed by atoms with Crippen LogP contribution < -0.4 is 5.32 Å². The number of aliphatic hydroxyl groups excluding tert-OH is 1. The predicted molar refractivity (Wildman–Crippen MR) is 81.1 cm³/mol. The molecule has 0 saturated heterocycles. The molecule has 0 aliphatic heterocycles. The molecule has 1 aromatic carbocycles. The Kier molecular flexibility index (Phi) is 6.83. The maximum Gasteiger partial charge on any atom is 0.123 e. The summed E-state index contributed by atoms with van der Waals surface area (Å²) in [7, 11) is 0. The highest BCUT2D eigenvalue weighted by molar-refractivity contribution is 8.00. The number of nitrogens with one attached hydrogen (secondary N) is 1. The van der Waals surface area contributed by atoms with E-state index < -0.39 is 6.10 Å². The first-order valence-electron chi connectivity index (χ1n) is 6.76. The standard InChI is InChI=1S/C15H24FNOS/c1-4-15(5-2,19-3)11-17-10-14(18)12-7-6-8-13(16)9-12/h6-9,14,17-18H,4-5,10-11H2,1-3H3. The lowest BCUT2D eigenvalue weighted by atomic mass is 10.0. The van der Waals surface area contributed by atoms with Crippen molar-refractivity contribution in [2.75, 3.05) is 19.3 Å². The van der Waals surface area contributed by atoms with Gasteiger partial charge in [-0.05, 0) is 36.8 Å². The van der Waals surface area contributed by atoms with E-state index in [1.165, 1.54) is 12.1 Å². The highest BCUT2D eigenvalue weighted by atomic mass is 32.2. The zero-order valence-electron chi connectivity index (χ0n) is 11.9. The fraction of sp³-hybridized carbons (Fsp3) is 0.600. The molecule has 1 atom stereocenters. The summed E-state index contributed by atoms with van der Waals surface area (Å²) in [5, 5.41) is 13.3. The zero-order valence-corrected chi connectivity index (χ0v) is 12.8. The second kappa shape index (κ2) is 7.88. The molecule has 0 radical (unpaired) electrons. The van der Waals surface area contributed by atoms with Gasteiger partial charge in [0.1, 0.15) is 5.82 Å². The van der Waals surface area contributed by atoms with Crippen molar-refractivity contribution in [3.05, 3.63) is 35.6 Å². The second-order valence-corrected chi connectivity index (χ2v) is 6.07. The van der Waals surface area contributed by atoms with E-state index >= 15 is 0 Å². The van der Waals surface area contributed by atoms with Gasteiger partial charge in [0.15, 0.2) is 0 Å². The molecule has 0 aliphatic rings. The first kappa shape index (κ1) is 16.5. The van der Waals surface area contributed by atoms with Crippen molar-refractivity contribution in [1.82, 2.24) is 5.32 Å². The second-order valence-electron chi connectivity index (χ2n) is 4.80. The Morgan fingerprint density at radius 1 is 1.37 bits per heavy atom. The molecule has 0 fully saturated rings. The fourth-order valence-corrected chi connectivity index (χ4v) is 2.95. The maximum atomic E-state index is 13.1. The molecular weight excluding hydrogens is 261 g/mol. The van der Waals surface area contributed by atoms with E-state index in [2.05, 4.69) is 25.4 Å². The summed E-state index contributed by atoms with van der Waals surface area (Å²) in [6, 6.07) is 6.14. The fourth-order valence-electron chi connectivity index (χ4n) is 2.13. The van der Waals surface area contributed by atoms with Crippen molar-refractivity contribution < 1.29 is 9.50 Å². The normalized spacial score (nSPS) is 13.5. The Hall–Kier alpha value is -0.580. The maximum absolute atomic E-state index is 13.1. The van der Waals surface area contributed by atoms with Crippen LogP contribution in [0.4, 0.5) is 4.39 Å². The van der Waals surface area contributed by atoms with Crippen LogP contribution >= 0.6 is 11.8 Å². The van der Waals surface area contributed by atoms with E-state index in [1.807, 2.05) is 11.8 Å². The molecule has 0 aromatic heterocycles. The Morgan fingerprint density at radius 2 is 2.05 bits per heavy atom. The van der Waals surface area contributed by atoms with Crippen molar-refractivity contribution in [3.8, 4) is 0 Å². The SMILES string of the molecule is CCC(CC)(CNCC(O)c1cccc(F)c1)SC. The van der Waals surface area contributed by atoms with Crippen molar-refractivity contribution in [2.45, 2.75) is 37.5 Å². The largest absolute Gasteiger partial charge is 0.387 e. The molecule has 0 spiro atoms. The summed E-state index contributed by atoms with van der Waals surface area (Å²) >= 11 is 1.86. The molecule has 2 nitrogen and oxygen atoms in total. The van der Waals surface area contributed by atoms with E-state index in [-0.39, 0.29) is 10.6 Å². The van der Waals surface area contributed by atoms with Gasteiger partial charge in [-0.2, -0.15) is 11.8 Å². The summed E-state index contributed by atoms with van der Waals surface area (Å²) in [4.78, 5) is 0. The Morgan fingerprint density at radius 3 is 2.58 bits per heavy atom. The third-order valence-corrected chi connectivity index (χ3v) is 5.33. The van der Waals surface area contributed by atoms with Crippen LogP contribution in [-0.4, -0.2) is 29.2 Å². The summed E-state index contributed by atoms with van der Waals surface area (Å²) in [6.45, 7) is 5.68. The molecule has 19 heavy (non-hydrogen) atoms. The van der Waals surface area contributed by atoms with Crippen LogP contribution in [0.25, 0.3) is 0 Å². The van der Waals surface area contributed by atoms with Crippen LogP contribution in [-0.2, 0) is 0 Å². The third-order valence-electron chi connectivity index (χ3n) is 3.74. The minimum Gasteiger partial charge on any atom is -0.387 e. The van der Waals surface area contributed by atoms with E-state index in [0.29, 0.717) is 12.1 Å². The first-order chi connectivity index (χ1) is 9.06. The van der Waals surface area contributed by atoms with Gasteiger partial charge >= 0.3 is 0 Å². The van der Waals surface area contributed by atoms with E-state index in [0.717, 1.165) is 19.4 Å². The molecule has 4 heteroatoms. The molecule has 1 aromatic rings. The summed E-state index contributed by atoms with van der Waals surface area (Å²) in [5.41, 5.74) is 0.621. The van der Waals surface area contributed by atoms with Crippen LogP contribution in [0.15, 0.2) is 24.3 Å². The van der Waals surface area contributed by atoms with Crippen molar-refractivity contribution >= 4 is 11.8 Å². The average molecular weight is 285 g/mol. The average Bonchev–Trinajstić information content (AvgIpc) is 2.44. The molecule has 0 amide bonds. The third kappa shape index (κ3) is 4.79. The monoisotopic (exact) mass is 285 g/mol. The van der Waals surface area contributed by atoms with Gasteiger partial charge in [0.2, 0.25) is 0 Å². The van der Waals surface area contributed by atoms with Crippen molar-refractivity contribution in [3.63, 3.8) is 0 Å². The smallest absolute Gasteiger partial charge is 0.123 e. The van der Waals surface area contributed by atoms with Crippen LogP contribution in [0.3, 0.4) is 0 Å². The molecule has 1 rings (SSSR count). The number of halogens is 1. The first-order valence-corrected chi connectivity index (χ1v) is 7.98. The number of hydrogen-bond acceptors (Lipinski definition) is 3. The van der Waals surface area contributed by atoms with Gasteiger partial charge in [0.05, 0.1) is 6.10 Å². The lowest BCUT2D eigenvalue weighted by Crippen LogP contribution is -2.38.